The lowest BCUT2D eigenvalue weighted by molar-refractivity contribution is 0.463. The van der Waals surface area contributed by atoms with Crippen molar-refractivity contribution in [3.05, 3.63) is 22.9 Å². The van der Waals surface area contributed by atoms with Crippen LogP contribution in [0.5, 0.6) is 0 Å². The van der Waals surface area contributed by atoms with Gasteiger partial charge in [-0.2, -0.15) is 0 Å². The summed E-state index contributed by atoms with van der Waals surface area (Å²) >= 11 is 0. The fourth-order valence-electron chi connectivity index (χ4n) is 2.29. The Kier molecular flexibility index (Phi) is 4.05. The standard InChI is InChI=1S/C13H23N3O/c1-3-11(14-2)5-4-8-15-9-10-16(13(15)17)12-6-7-12/h9-12,14H,3-8H2,1-2H3. The Morgan fingerprint density at radius 2 is 2.24 bits per heavy atom. The maximum atomic E-state index is 12.0. The molecule has 1 atom stereocenters. The average molecular weight is 237 g/mol. The SMILES string of the molecule is CCC(CCCn1ccn(C2CC2)c1=O)NC. The zero-order chi connectivity index (χ0) is 12.3. The molecule has 0 aromatic carbocycles. The monoisotopic (exact) mass is 237 g/mol. The lowest BCUT2D eigenvalue weighted by Gasteiger charge is -2.13. The first-order chi connectivity index (χ1) is 8.26. The predicted octanol–water partition coefficient (Wildman–Crippen LogP) is 1.76. The van der Waals surface area contributed by atoms with E-state index in [4.69, 9.17) is 0 Å². The third-order valence-electron chi connectivity index (χ3n) is 3.67. The van der Waals surface area contributed by atoms with E-state index in [0.717, 1.165) is 25.8 Å². The highest BCUT2D eigenvalue weighted by molar-refractivity contribution is 4.91. The van der Waals surface area contributed by atoms with E-state index in [-0.39, 0.29) is 5.69 Å². The van der Waals surface area contributed by atoms with Crippen molar-refractivity contribution in [2.75, 3.05) is 7.05 Å². The highest BCUT2D eigenvalue weighted by atomic mass is 16.1. The normalized spacial score (nSPS) is 17.3. The molecule has 96 valence electrons. The van der Waals surface area contributed by atoms with Crippen LogP contribution in [0.4, 0.5) is 0 Å². The van der Waals surface area contributed by atoms with Gasteiger partial charge in [0.05, 0.1) is 0 Å². The first kappa shape index (κ1) is 12.4. The van der Waals surface area contributed by atoms with Gasteiger partial charge >= 0.3 is 5.69 Å². The molecule has 0 spiro atoms. The summed E-state index contributed by atoms with van der Waals surface area (Å²) in [6, 6.07) is 1.07. The summed E-state index contributed by atoms with van der Waals surface area (Å²) in [4.78, 5) is 12.0. The van der Waals surface area contributed by atoms with Crippen LogP contribution in [-0.2, 0) is 6.54 Å². The van der Waals surface area contributed by atoms with Crippen LogP contribution in [0.25, 0.3) is 0 Å². The molecule has 1 aromatic heterocycles. The van der Waals surface area contributed by atoms with Crippen LogP contribution in [0, 0.1) is 0 Å². The summed E-state index contributed by atoms with van der Waals surface area (Å²) in [5.41, 5.74) is 0.171. The van der Waals surface area contributed by atoms with E-state index in [9.17, 15) is 4.79 Å². The van der Waals surface area contributed by atoms with E-state index in [1.807, 2.05) is 28.6 Å². The van der Waals surface area contributed by atoms with Crippen LogP contribution in [0.15, 0.2) is 17.2 Å². The molecule has 1 aromatic rings. The molecule has 0 saturated heterocycles. The molecule has 1 saturated carbocycles. The Bertz CT molecular complexity index is 399. The molecule has 1 heterocycles. The van der Waals surface area contributed by atoms with Gasteiger partial charge in [0.25, 0.3) is 0 Å². The Balaban J connectivity index is 1.84. The zero-order valence-electron chi connectivity index (χ0n) is 10.9. The smallest absolute Gasteiger partial charge is 0.317 e. The number of hydrogen-bond acceptors (Lipinski definition) is 2. The lowest BCUT2D eigenvalue weighted by Crippen LogP contribution is -2.26. The minimum Gasteiger partial charge on any atom is -0.317 e. The van der Waals surface area contributed by atoms with Gasteiger partial charge in [-0.25, -0.2) is 4.79 Å². The van der Waals surface area contributed by atoms with E-state index in [1.54, 1.807) is 0 Å². The molecule has 0 radical (unpaired) electrons. The quantitative estimate of drug-likeness (QED) is 0.785. The molecule has 1 fully saturated rings. The second-order valence-corrected chi connectivity index (χ2v) is 4.95. The van der Waals surface area contributed by atoms with Crippen LogP contribution in [0.3, 0.4) is 0 Å². The van der Waals surface area contributed by atoms with Crippen molar-refractivity contribution in [1.82, 2.24) is 14.5 Å². The molecule has 4 nitrogen and oxygen atoms in total. The number of nitrogens with zero attached hydrogens (tertiary/aromatic N) is 2. The summed E-state index contributed by atoms with van der Waals surface area (Å²) in [7, 11) is 2.00. The van der Waals surface area contributed by atoms with Crippen molar-refractivity contribution in [3.8, 4) is 0 Å². The highest BCUT2D eigenvalue weighted by Crippen LogP contribution is 2.33. The van der Waals surface area contributed by atoms with Gasteiger partial charge in [-0.3, -0.25) is 9.13 Å². The van der Waals surface area contributed by atoms with Gasteiger partial charge in [0.1, 0.15) is 0 Å². The first-order valence-corrected chi connectivity index (χ1v) is 6.70. The first-order valence-electron chi connectivity index (χ1n) is 6.70. The van der Waals surface area contributed by atoms with Crippen molar-refractivity contribution < 1.29 is 0 Å². The summed E-state index contributed by atoms with van der Waals surface area (Å²) in [6.45, 7) is 3.04. The molecule has 17 heavy (non-hydrogen) atoms. The minimum absolute atomic E-state index is 0.171. The maximum absolute atomic E-state index is 12.0. The number of aryl methyl sites for hydroxylation is 1. The summed E-state index contributed by atoms with van der Waals surface area (Å²) in [5.74, 6) is 0. The topological polar surface area (TPSA) is 39.0 Å². The fourth-order valence-corrected chi connectivity index (χ4v) is 2.29. The van der Waals surface area contributed by atoms with Crippen molar-refractivity contribution >= 4 is 0 Å². The Morgan fingerprint density at radius 3 is 2.82 bits per heavy atom. The third-order valence-corrected chi connectivity index (χ3v) is 3.67. The highest BCUT2D eigenvalue weighted by Gasteiger charge is 2.25. The molecule has 0 amide bonds. The van der Waals surface area contributed by atoms with Crippen molar-refractivity contribution in [2.45, 2.75) is 57.7 Å². The van der Waals surface area contributed by atoms with E-state index < -0.39 is 0 Å². The molecule has 0 aliphatic heterocycles. The fraction of sp³-hybridized carbons (Fsp3) is 0.769. The van der Waals surface area contributed by atoms with Gasteiger partial charge in [-0.1, -0.05) is 6.92 Å². The molecule has 1 unspecified atom stereocenters. The molecule has 4 heteroatoms. The molecule has 2 rings (SSSR count). The largest absolute Gasteiger partial charge is 0.328 e. The van der Waals surface area contributed by atoms with Gasteiger partial charge in [-0.15, -0.1) is 0 Å². The van der Waals surface area contributed by atoms with Crippen molar-refractivity contribution in [1.29, 1.82) is 0 Å². The Morgan fingerprint density at radius 1 is 1.47 bits per heavy atom. The van der Waals surface area contributed by atoms with Crippen LogP contribution in [0.1, 0.15) is 45.1 Å². The number of nitrogens with one attached hydrogen (secondary N) is 1. The second kappa shape index (κ2) is 5.54. The molecular weight excluding hydrogens is 214 g/mol. The van der Waals surface area contributed by atoms with Gasteiger partial charge in [0, 0.05) is 31.0 Å². The van der Waals surface area contributed by atoms with Crippen molar-refractivity contribution in [3.63, 3.8) is 0 Å². The van der Waals surface area contributed by atoms with Gasteiger partial charge in [0.2, 0.25) is 0 Å². The average Bonchev–Trinajstić information content (AvgIpc) is 3.11. The summed E-state index contributed by atoms with van der Waals surface area (Å²) < 4.78 is 3.73. The van der Waals surface area contributed by atoms with Gasteiger partial charge in [-0.05, 0) is 39.2 Å². The minimum atomic E-state index is 0.171. The Hall–Kier alpha value is -1.03. The van der Waals surface area contributed by atoms with Crippen LogP contribution < -0.4 is 11.0 Å². The number of aromatic nitrogens is 2. The molecule has 1 N–H and O–H groups in total. The summed E-state index contributed by atoms with van der Waals surface area (Å²) in [5, 5.41) is 3.29. The van der Waals surface area contributed by atoms with Crippen molar-refractivity contribution in [2.24, 2.45) is 0 Å². The van der Waals surface area contributed by atoms with E-state index in [0.29, 0.717) is 12.1 Å². The molecular formula is C13H23N3O. The van der Waals surface area contributed by atoms with Gasteiger partial charge in [0.15, 0.2) is 0 Å². The van der Waals surface area contributed by atoms with Crippen LogP contribution in [0.2, 0.25) is 0 Å². The molecule has 1 aliphatic rings. The summed E-state index contributed by atoms with van der Waals surface area (Å²) in [6.07, 6.45) is 9.55. The molecule has 0 bridgehead atoms. The maximum Gasteiger partial charge on any atom is 0.328 e. The number of imidazole rings is 1. The van der Waals surface area contributed by atoms with Crippen LogP contribution in [-0.4, -0.2) is 22.2 Å². The molecule has 1 aliphatic carbocycles. The predicted molar refractivity (Wildman–Crippen MR) is 69.3 cm³/mol. The zero-order valence-corrected chi connectivity index (χ0v) is 10.9. The van der Waals surface area contributed by atoms with Crippen LogP contribution >= 0.6 is 0 Å². The second-order valence-electron chi connectivity index (χ2n) is 4.95. The van der Waals surface area contributed by atoms with E-state index >= 15 is 0 Å². The third kappa shape index (κ3) is 3.00. The van der Waals surface area contributed by atoms with E-state index in [2.05, 4.69) is 12.2 Å². The number of hydrogen-bond donors (Lipinski definition) is 1. The van der Waals surface area contributed by atoms with Gasteiger partial charge < -0.3 is 5.32 Å². The Labute approximate surface area is 103 Å². The van der Waals surface area contributed by atoms with E-state index in [1.165, 1.54) is 12.8 Å². The lowest BCUT2D eigenvalue weighted by atomic mass is 10.1. The number of rotatable bonds is 7.